The van der Waals surface area contributed by atoms with E-state index in [4.69, 9.17) is 9.97 Å². The molecule has 0 aliphatic carbocycles. The predicted molar refractivity (Wildman–Crippen MR) is 109 cm³/mol. The average molecular weight is 367 g/mol. The number of benzene rings is 1. The third-order valence-electron chi connectivity index (χ3n) is 5.52. The number of hydrogen-bond acceptors (Lipinski definition) is 6. The van der Waals surface area contributed by atoms with Gasteiger partial charge in [-0.1, -0.05) is 19.9 Å². The number of nitrogens with zero attached hydrogens (tertiary/aromatic N) is 5. The number of hydrogen-bond donors (Lipinski definition) is 1. The highest BCUT2D eigenvalue weighted by molar-refractivity contribution is 5.69. The maximum absolute atomic E-state index is 10.0. The molecule has 2 aliphatic heterocycles. The van der Waals surface area contributed by atoms with Gasteiger partial charge < -0.3 is 19.8 Å². The lowest BCUT2D eigenvalue weighted by Gasteiger charge is -2.35. The van der Waals surface area contributed by atoms with Crippen LogP contribution < -0.4 is 9.80 Å². The second kappa shape index (κ2) is 7.35. The lowest BCUT2D eigenvalue weighted by atomic mass is 10.0. The van der Waals surface area contributed by atoms with Crippen LogP contribution >= 0.6 is 0 Å². The highest BCUT2D eigenvalue weighted by Gasteiger charge is 2.23. The molecule has 1 N–H and O–H groups in total. The Morgan fingerprint density at radius 2 is 1.70 bits per heavy atom. The van der Waals surface area contributed by atoms with Crippen molar-refractivity contribution >= 4 is 17.3 Å². The van der Waals surface area contributed by atoms with Crippen LogP contribution in [0.1, 0.15) is 37.6 Å². The number of phenolic OH excluding ortho intramolecular Hbond substituents is 1. The van der Waals surface area contributed by atoms with E-state index >= 15 is 0 Å². The minimum absolute atomic E-state index is 0.268. The van der Waals surface area contributed by atoms with Crippen LogP contribution in [0.2, 0.25) is 0 Å². The lowest BCUT2D eigenvalue weighted by Crippen LogP contribution is -2.45. The van der Waals surface area contributed by atoms with E-state index in [1.807, 2.05) is 12.1 Å². The van der Waals surface area contributed by atoms with E-state index in [-0.39, 0.29) is 5.92 Å². The second-order valence-corrected chi connectivity index (χ2v) is 7.96. The van der Waals surface area contributed by atoms with E-state index in [9.17, 15) is 5.11 Å². The van der Waals surface area contributed by atoms with Crippen molar-refractivity contribution in [3.63, 3.8) is 0 Å². The van der Waals surface area contributed by atoms with Crippen LogP contribution in [0, 0.1) is 0 Å². The van der Waals surface area contributed by atoms with Gasteiger partial charge >= 0.3 is 0 Å². The third-order valence-corrected chi connectivity index (χ3v) is 5.52. The van der Waals surface area contributed by atoms with Crippen molar-refractivity contribution in [3.8, 4) is 5.75 Å². The first-order chi connectivity index (χ1) is 13.0. The molecule has 144 valence electrons. The molecule has 0 atom stereocenters. The Labute approximate surface area is 161 Å². The molecule has 1 fully saturated rings. The molecule has 0 radical (unpaired) electrons. The maximum Gasteiger partial charge on any atom is 0.138 e. The van der Waals surface area contributed by atoms with Gasteiger partial charge in [0.25, 0.3) is 0 Å². The Balaban J connectivity index is 1.74. The molecule has 1 saturated heterocycles. The van der Waals surface area contributed by atoms with Gasteiger partial charge in [-0.3, -0.25) is 0 Å². The van der Waals surface area contributed by atoms with Crippen molar-refractivity contribution in [2.75, 3.05) is 49.6 Å². The lowest BCUT2D eigenvalue weighted by molar-refractivity contribution is 0.312. The monoisotopic (exact) mass is 367 g/mol. The number of aryl methyl sites for hydroxylation is 1. The standard InChI is InChI=1S/C21H29N5O/c1-15(2)21-22-19(25-11-9-24(3)10-12-25)14-20(23-21)26-8-4-5-16-6-7-17(27)13-18(16)26/h6-7,13-15,27H,4-5,8-12H2,1-3H3. The van der Waals surface area contributed by atoms with Crippen molar-refractivity contribution in [2.24, 2.45) is 0 Å². The fourth-order valence-corrected chi connectivity index (χ4v) is 3.83. The SMILES string of the molecule is CC(C)c1nc(N2CCN(C)CC2)cc(N2CCCc3ccc(O)cc32)n1. The summed E-state index contributed by atoms with van der Waals surface area (Å²) in [4.78, 5) is 16.7. The van der Waals surface area contributed by atoms with Gasteiger partial charge in [-0.25, -0.2) is 9.97 Å². The normalized spacial score (nSPS) is 18.1. The summed E-state index contributed by atoms with van der Waals surface area (Å²) in [7, 11) is 2.17. The Morgan fingerprint density at radius 1 is 0.963 bits per heavy atom. The number of fused-ring (bicyclic) bond motifs is 1. The van der Waals surface area contributed by atoms with Crippen molar-refractivity contribution in [3.05, 3.63) is 35.7 Å². The van der Waals surface area contributed by atoms with Gasteiger partial charge in [-0.2, -0.15) is 0 Å². The van der Waals surface area contributed by atoms with Crippen molar-refractivity contribution in [2.45, 2.75) is 32.6 Å². The number of anilines is 3. The predicted octanol–water partition coefficient (Wildman–Crippen LogP) is 3.14. The molecule has 2 aromatic rings. The highest BCUT2D eigenvalue weighted by Crippen LogP contribution is 2.36. The maximum atomic E-state index is 10.0. The molecule has 6 nitrogen and oxygen atoms in total. The number of likely N-dealkylation sites (N-methyl/N-ethyl adjacent to an activating group) is 1. The molecular formula is C21H29N5O. The zero-order valence-electron chi connectivity index (χ0n) is 16.5. The largest absolute Gasteiger partial charge is 0.508 e. The zero-order valence-corrected chi connectivity index (χ0v) is 16.5. The molecule has 0 unspecified atom stereocenters. The van der Waals surface area contributed by atoms with E-state index in [0.29, 0.717) is 5.75 Å². The summed E-state index contributed by atoms with van der Waals surface area (Å²) in [6.07, 6.45) is 2.13. The van der Waals surface area contributed by atoms with Gasteiger partial charge in [0.05, 0.1) is 0 Å². The van der Waals surface area contributed by atoms with Crippen LogP contribution in [0.25, 0.3) is 0 Å². The van der Waals surface area contributed by atoms with Gasteiger partial charge in [0.2, 0.25) is 0 Å². The fourth-order valence-electron chi connectivity index (χ4n) is 3.83. The molecule has 27 heavy (non-hydrogen) atoms. The minimum Gasteiger partial charge on any atom is -0.508 e. The van der Waals surface area contributed by atoms with Gasteiger partial charge in [-0.05, 0) is 31.5 Å². The van der Waals surface area contributed by atoms with Gasteiger partial charge in [-0.15, -0.1) is 0 Å². The van der Waals surface area contributed by atoms with Crippen LogP contribution in [-0.4, -0.2) is 59.7 Å². The quantitative estimate of drug-likeness (QED) is 0.899. The molecule has 4 rings (SSSR count). The first-order valence-corrected chi connectivity index (χ1v) is 9.93. The van der Waals surface area contributed by atoms with Crippen molar-refractivity contribution < 1.29 is 5.11 Å². The number of phenols is 1. The molecule has 0 bridgehead atoms. The summed E-state index contributed by atoms with van der Waals surface area (Å²) in [6, 6.07) is 7.79. The summed E-state index contributed by atoms with van der Waals surface area (Å²) in [5.74, 6) is 3.41. The average Bonchev–Trinajstić information content (AvgIpc) is 2.67. The van der Waals surface area contributed by atoms with E-state index in [2.05, 4.69) is 41.7 Å². The van der Waals surface area contributed by atoms with Crippen LogP contribution in [0.4, 0.5) is 17.3 Å². The molecule has 1 aromatic carbocycles. The van der Waals surface area contributed by atoms with Crippen LogP contribution in [-0.2, 0) is 6.42 Å². The van der Waals surface area contributed by atoms with E-state index in [0.717, 1.165) is 68.7 Å². The second-order valence-electron chi connectivity index (χ2n) is 7.96. The first kappa shape index (κ1) is 18.0. The van der Waals surface area contributed by atoms with E-state index in [1.165, 1.54) is 5.56 Å². The summed E-state index contributed by atoms with van der Waals surface area (Å²) >= 11 is 0. The molecule has 6 heteroatoms. The number of aromatic nitrogens is 2. The Hall–Kier alpha value is -2.34. The van der Waals surface area contributed by atoms with Crippen LogP contribution in [0.5, 0.6) is 5.75 Å². The first-order valence-electron chi connectivity index (χ1n) is 9.93. The minimum atomic E-state index is 0.268. The van der Waals surface area contributed by atoms with Crippen molar-refractivity contribution in [1.82, 2.24) is 14.9 Å². The fraction of sp³-hybridized carbons (Fsp3) is 0.524. The molecule has 1 aromatic heterocycles. The number of aromatic hydroxyl groups is 1. The van der Waals surface area contributed by atoms with Gasteiger partial charge in [0.15, 0.2) is 0 Å². The smallest absolute Gasteiger partial charge is 0.138 e. The molecular weight excluding hydrogens is 338 g/mol. The third kappa shape index (κ3) is 3.72. The summed E-state index contributed by atoms with van der Waals surface area (Å²) in [5, 5.41) is 10.0. The molecule has 3 heterocycles. The number of rotatable bonds is 3. The molecule has 2 aliphatic rings. The van der Waals surface area contributed by atoms with Crippen LogP contribution in [0.3, 0.4) is 0 Å². The Bertz CT molecular complexity index is 814. The number of piperazine rings is 1. The van der Waals surface area contributed by atoms with E-state index in [1.54, 1.807) is 6.07 Å². The molecule has 0 spiro atoms. The highest BCUT2D eigenvalue weighted by atomic mass is 16.3. The summed E-state index contributed by atoms with van der Waals surface area (Å²) < 4.78 is 0. The molecule has 0 amide bonds. The Morgan fingerprint density at radius 3 is 2.44 bits per heavy atom. The topological polar surface area (TPSA) is 55.7 Å². The summed E-state index contributed by atoms with van der Waals surface area (Å²) in [6.45, 7) is 9.27. The van der Waals surface area contributed by atoms with Crippen LogP contribution in [0.15, 0.2) is 24.3 Å². The zero-order chi connectivity index (χ0) is 19.0. The van der Waals surface area contributed by atoms with E-state index < -0.39 is 0 Å². The Kier molecular flexibility index (Phi) is 4.91. The van der Waals surface area contributed by atoms with Gasteiger partial charge in [0.1, 0.15) is 23.2 Å². The van der Waals surface area contributed by atoms with Crippen molar-refractivity contribution in [1.29, 1.82) is 0 Å². The molecule has 0 saturated carbocycles. The summed E-state index contributed by atoms with van der Waals surface area (Å²) in [5.41, 5.74) is 2.34. The van der Waals surface area contributed by atoms with Gasteiger partial charge in [0, 0.05) is 56.5 Å².